The van der Waals surface area contributed by atoms with Gasteiger partial charge in [-0.15, -0.1) is 0 Å². The largest absolute Gasteiger partial charge is 0.439 e. The van der Waals surface area contributed by atoms with Crippen molar-refractivity contribution in [1.82, 2.24) is 4.98 Å². The van der Waals surface area contributed by atoms with Crippen LogP contribution in [-0.4, -0.2) is 4.98 Å². The van der Waals surface area contributed by atoms with Crippen LogP contribution in [0.2, 0.25) is 0 Å². The zero-order valence-corrected chi connectivity index (χ0v) is 9.82. The molecule has 2 aromatic rings. The van der Waals surface area contributed by atoms with E-state index >= 15 is 0 Å². The Morgan fingerprint density at radius 3 is 2.21 bits per heavy atom. The van der Waals surface area contributed by atoms with Crippen LogP contribution in [0.1, 0.15) is 11.1 Å². The molecule has 0 unspecified atom stereocenters. The molecule has 0 amide bonds. The zero-order valence-electron chi connectivity index (χ0n) is 9.82. The number of nitrogens with zero attached hydrogens (tertiary/aromatic N) is 1. The fourth-order valence-electron chi connectivity index (χ4n) is 1.42. The van der Waals surface area contributed by atoms with E-state index in [1.54, 1.807) is 24.3 Å². The lowest BCUT2D eigenvalue weighted by Gasteiger charge is -2.08. The molecule has 1 aromatic heterocycles. The molecule has 0 spiro atoms. The molecule has 0 saturated carbocycles. The first-order chi connectivity index (χ1) is 8.99. The average Bonchev–Trinajstić information content (AvgIpc) is 2.39. The summed E-state index contributed by atoms with van der Waals surface area (Å²) in [5, 5.41) is 0. The minimum atomic E-state index is -4.39. The van der Waals surface area contributed by atoms with Crippen LogP contribution in [0.25, 0.3) is 0 Å². The van der Waals surface area contributed by atoms with Gasteiger partial charge in [0.15, 0.2) is 0 Å². The molecule has 0 aliphatic carbocycles. The molecule has 0 aliphatic heterocycles. The van der Waals surface area contributed by atoms with E-state index in [-0.39, 0.29) is 5.88 Å². The third-order valence-corrected chi connectivity index (χ3v) is 2.45. The number of aromatic nitrogens is 1. The summed E-state index contributed by atoms with van der Waals surface area (Å²) >= 11 is 0. The molecule has 0 bridgehead atoms. The highest BCUT2D eigenvalue weighted by Gasteiger charge is 2.30. The van der Waals surface area contributed by atoms with E-state index in [0.29, 0.717) is 12.3 Å². The third kappa shape index (κ3) is 3.45. The predicted molar refractivity (Wildman–Crippen MR) is 63.6 cm³/mol. The molecule has 0 fully saturated rings. The maximum absolute atomic E-state index is 12.3. The van der Waals surface area contributed by atoms with E-state index in [0.717, 1.165) is 17.8 Å². The molecule has 3 nitrogen and oxygen atoms in total. The monoisotopic (exact) mass is 268 g/mol. The fraction of sp³-hybridized carbons (Fsp3) is 0.154. The summed E-state index contributed by atoms with van der Waals surface area (Å²) < 4.78 is 42.3. The van der Waals surface area contributed by atoms with Gasteiger partial charge in [-0.25, -0.2) is 4.98 Å². The second-order valence-corrected chi connectivity index (χ2v) is 3.83. The highest BCUT2D eigenvalue weighted by atomic mass is 19.4. The van der Waals surface area contributed by atoms with Crippen LogP contribution < -0.4 is 10.5 Å². The van der Waals surface area contributed by atoms with Gasteiger partial charge >= 0.3 is 6.18 Å². The van der Waals surface area contributed by atoms with Gasteiger partial charge in [0.1, 0.15) is 5.75 Å². The van der Waals surface area contributed by atoms with Gasteiger partial charge in [-0.3, -0.25) is 0 Å². The summed E-state index contributed by atoms with van der Waals surface area (Å²) in [5.74, 6) is 0.595. The summed E-state index contributed by atoms with van der Waals surface area (Å²) in [4.78, 5) is 3.62. The zero-order chi connectivity index (χ0) is 13.9. The summed E-state index contributed by atoms with van der Waals surface area (Å²) in [6, 6.07) is 9.03. The van der Waals surface area contributed by atoms with E-state index in [4.69, 9.17) is 10.5 Å². The Bertz CT molecular complexity index is 535. The molecule has 2 rings (SSSR count). The fourth-order valence-corrected chi connectivity index (χ4v) is 1.42. The molecule has 1 heterocycles. The minimum absolute atomic E-state index is 0.105. The molecule has 0 radical (unpaired) electrons. The number of ether oxygens (including phenoxy) is 1. The van der Waals surface area contributed by atoms with E-state index < -0.39 is 11.7 Å². The van der Waals surface area contributed by atoms with E-state index in [9.17, 15) is 13.2 Å². The summed E-state index contributed by atoms with van der Waals surface area (Å²) in [5.41, 5.74) is 5.58. The minimum Gasteiger partial charge on any atom is -0.439 e. The van der Waals surface area contributed by atoms with E-state index in [1.165, 1.54) is 6.07 Å². The van der Waals surface area contributed by atoms with E-state index in [1.807, 2.05) is 0 Å². The van der Waals surface area contributed by atoms with Crippen LogP contribution in [0, 0.1) is 0 Å². The van der Waals surface area contributed by atoms with Crippen molar-refractivity contribution in [3.05, 3.63) is 53.7 Å². The van der Waals surface area contributed by atoms with E-state index in [2.05, 4.69) is 4.98 Å². The molecular formula is C13H11F3N2O. The number of pyridine rings is 1. The van der Waals surface area contributed by atoms with Gasteiger partial charge in [-0.2, -0.15) is 13.2 Å². The molecule has 100 valence electrons. The van der Waals surface area contributed by atoms with Crippen molar-refractivity contribution in [2.75, 3.05) is 0 Å². The molecule has 0 saturated heterocycles. The van der Waals surface area contributed by atoms with Crippen molar-refractivity contribution in [3.63, 3.8) is 0 Å². The number of nitrogens with two attached hydrogens (primary N) is 1. The number of rotatable bonds is 3. The highest BCUT2D eigenvalue weighted by Crippen LogP contribution is 2.30. The Kier molecular flexibility index (Phi) is 3.71. The van der Waals surface area contributed by atoms with Crippen LogP contribution >= 0.6 is 0 Å². The van der Waals surface area contributed by atoms with Crippen LogP contribution in [-0.2, 0) is 12.7 Å². The molecule has 0 aliphatic rings. The Morgan fingerprint density at radius 1 is 1.05 bits per heavy atom. The molecule has 2 N–H and O–H groups in total. The van der Waals surface area contributed by atoms with Crippen molar-refractivity contribution in [1.29, 1.82) is 0 Å². The lowest BCUT2D eigenvalue weighted by atomic mass is 10.2. The van der Waals surface area contributed by atoms with Crippen molar-refractivity contribution in [2.45, 2.75) is 12.7 Å². The third-order valence-electron chi connectivity index (χ3n) is 2.45. The number of halogens is 3. The smallest absolute Gasteiger partial charge is 0.417 e. The lowest BCUT2D eigenvalue weighted by Crippen LogP contribution is -2.05. The van der Waals surface area contributed by atoms with Crippen LogP contribution in [0.3, 0.4) is 0 Å². The second kappa shape index (κ2) is 5.27. The first-order valence-corrected chi connectivity index (χ1v) is 5.49. The molecule has 6 heteroatoms. The quantitative estimate of drug-likeness (QED) is 0.928. The highest BCUT2D eigenvalue weighted by molar-refractivity contribution is 5.31. The number of hydrogen-bond donors (Lipinski definition) is 1. The lowest BCUT2D eigenvalue weighted by molar-refractivity contribution is -0.137. The topological polar surface area (TPSA) is 48.1 Å². The van der Waals surface area contributed by atoms with Crippen LogP contribution in [0.15, 0.2) is 42.6 Å². The molecule has 19 heavy (non-hydrogen) atoms. The molecule has 0 atom stereocenters. The van der Waals surface area contributed by atoms with Crippen LogP contribution in [0.4, 0.5) is 13.2 Å². The number of benzene rings is 1. The van der Waals surface area contributed by atoms with Crippen molar-refractivity contribution in [2.24, 2.45) is 5.73 Å². The Hall–Kier alpha value is -2.08. The number of hydrogen-bond acceptors (Lipinski definition) is 3. The SMILES string of the molecule is NCc1ccc(Oc2ccc(C(F)(F)F)cn2)cc1. The summed E-state index contributed by atoms with van der Waals surface area (Å²) in [7, 11) is 0. The first kappa shape index (κ1) is 13.4. The van der Waals surface area contributed by atoms with Gasteiger partial charge < -0.3 is 10.5 Å². The molecule has 1 aromatic carbocycles. The van der Waals surface area contributed by atoms with Gasteiger partial charge in [0.05, 0.1) is 5.56 Å². The second-order valence-electron chi connectivity index (χ2n) is 3.83. The normalized spacial score (nSPS) is 11.4. The maximum atomic E-state index is 12.3. The van der Waals surface area contributed by atoms with Crippen LogP contribution in [0.5, 0.6) is 11.6 Å². The Morgan fingerprint density at radius 2 is 1.74 bits per heavy atom. The average molecular weight is 268 g/mol. The van der Waals surface area contributed by atoms with Gasteiger partial charge in [0.25, 0.3) is 0 Å². The first-order valence-electron chi connectivity index (χ1n) is 5.49. The summed E-state index contributed by atoms with van der Waals surface area (Å²) in [6.45, 7) is 0.415. The summed E-state index contributed by atoms with van der Waals surface area (Å²) in [6.07, 6.45) is -3.65. The Balaban J connectivity index is 2.10. The molecular weight excluding hydrogens is 257 g/mol. The van der Waals surface area contributed by atoms with Gasteiger partial charge in [-0.1, -0.05) is 12.1 Å². The van der Waals surface area contributed by atoms with Gasteiger partial charge in [0, 0.05) is 18.8 Å². The van der Waals surface area contributed by atoms with Crippen molar-refractivity contribution >= 4 is 0 Å². The maximum Gasteiger partial charge on any atom is 0.417 e. The van der Waals surface area contributed by atoms with Crippen molar-refractivity contribution in [3.8, 4) is 11.6 Å². The van der Waals surface area contributed by atoms with Gasteiger partial charge in [0.2, 0.25) is 5.88 Å². The Labute approximate surface area is 107 Å². The van der Waals surface area contributed by atoms with Crippen molar-refractivity contribution < 1.29 is 17.9 Å². The van der Waals surface area contributed by atoms with Gasteiger partial charge in [-0.05, 0) is 23.8 Å². The number of alkyl halides is 3. The predicted octanol–water partition coefficient (Wildman–Crippen LogP) is 3.35. The standard InChI is InChI=1S/C13H11F3N2O/c14-13(15,16)10-3-6-12(18-8-10)19-11-4-1-9(7-17)2-5-11/h1-6,8H,7,17H2.